The number of hydrogen-bond acceptors (Lipinski definition) is 5. The summed E-state index contributed by atoms with van der Waals surface area (Å²) in [4.78, 5) is 26.7. The molecule has 3 N–H and O–H groups in total. The molecule has 0 bridgehead atoms. The molecule has 0 aliphatic rings. The van der Waals surface area contributed by atoms with Gasteiger partial charge in [-0.05, 0) is 0 Å². The Labute approximate surface area is 110 Å². The Balaban J connectivity index is 2.78. The van der Waals surface area contributed by atoms with Gasteiger partial charge in [0.05, 0.1) is 6.61 Å². The molecular formula is C11H18N4O4. The van der Waals surface area contributed by atoms with E-state index < -0.39 is 17.9 Å². The molecule has 19 heavy (non-hydrogen) atoms. The van der Waals surface area contributed by atoms with Gasteiger partial charge in [-0.2, -0.15) is 0 Å². The molecule has 0 fully saturated rings. The van der Waals surface area contributed by atoms with E-state index in [1.807, 2.05) is 20.8 Å². The highest BCUT2D eigenvalue weighted by Gasteiger charge is 2.25. The zero-order chi connectivity index (χ0) is 14.6. The van der Waals surface area contributed by atoms with Gasteiger partial charge in [-0.25, -0.2) is 9.78 Å². The number of nitrogens with one attached hydrogen (secondary N) is 2. The fourth-order valence-electron chi connectivity index (χ4n) is 1.26. The molecule has 8 heteroatoms. The molecule has 106 valence electrons. The maximum Gasteiger partial charge on any atom is 0.328 e. The van der Waals surface area contributed by atoms with Crippen molar-refractivity contribution >= 4 is 11.9 Å². The van der Waals surface area contributed by atoms with Crippen LogP contribution in [0.5, 0.6) is 0 Å². The zero-order valence-electron chi connectivity index (χ0n) is 11.4. The lowest BCUT2D eigenvalue weighted by molar-refractivity contribution is -0.140. The molecule has 0 aromatic carbocycles. The fourth-order valence-corrected chi connectivity index (χ4v) is 1.26. The topological polar surface area (TPSA) is 117 Å². The number of amides is 1. The van der Waals surface area contributed by atoms with Crippen LogP contribution in [0, 0.1) is 0 Å². The smallest absolute Gasteiger partial charge is 0.328 e. The van der Waals surface area contributed by atoms with Gasteiger partial charge < -0.3 is 15.2 Å². The summed E-state index contributed by atoms with van der Waals surface area (Å²) in [6.07, 6.45) is 0. The standard InChI is InChI=1S/C11H18N4O4/c1-11(2,3)10-13-7(14-15-10)8(16)12-6(5-19-4)9(17)18/h6H,5H2,1-4H3,(H,12,16)(H,17,18)(H,13,14,15). The van der Waals surface area contributed by atoms with Gasteiger partial charge in [0.1, 0.15) is 5.82 Å². The summed E-state index contributed by atoms with van der Waals surface area (Å²) < 4.78 is 4.72. The number of methoxy groups -OCH3 is 1. The highest BCUT2D eigenvalue weighted by atomic mass is 16.5. The number of carbonyl (C=O) groups is 2. The van der Waals surface area contributed by atoms with E-state index in [9.17, 15) is 9.59 Å². The van der Waals surface area contributed by atoms with E-state index in [1.54, 1.807) is 0 Å². The summed E-state index contributed by atoms with van der Waals surface area (Å²) >= 11 is 0. The average molecular weight is 270 g/mol. The fraction of sp³-hybridized carbons (Fsp3) is 0.636. The Morgan fingerprint density at radius 3 is 2.53 bits per heavy atom. The molecule has 1 aromatic rings. The van der Waals surface area contributed by atoms with E-state index in [4.69, 9.17) is 9.84 Å². The number of aromatic amines is 1. The summed E-state index contributed by atoms with van der Waals surface area (Å²) in [5.74, 6) is -1.37. The Morgan fingerprint density at radius 2 is 2.11 bits per heavy atom. The number of H-pyrrole nitrogens is 1. The van der Waals surface area contributed by atoms with Crippen molar-refractivity contribution in [2.24, 2.45) is 0 Å². The van der Waals surface area contributed by atoms with Gasteiger partial charge in [-0.15, -0.1) is 5.10 Å². The SMILES string of the molecule is COCC(NC(=O)c1n[nH]c(C(C)(C)C)n1)C(=O)O. The minimum Gasteiger partial charge on any atom is -0.480 e. The monoisotopic (exact) mass is 270 g/mol. The van der Waals surface area contributed by atoms with Crippen LogP contribution in [0.1, 0.15) is 37.2 Å². The van der Waals surface area contributed by atoms with Gasteiger partial charge in [0, 0.05) is 12.5 Å². The van der Waals surface area contributed by atoms with E-state index in [0.717, 1.165) is 0 Å². The molecule has 0 aliphatic carbocycles. The third-order valence-electron chi connectivity index (χ3n) is 2.34. The maximum absolute atomic E-state index is 11.8. The summed E-state index contributed by atoms with van der Waals surface area (Å²) in [6, 6.07) is -1.13. The van der Waals surface area contributed by atoms with Crippen molar-refractivity contribution in [3.05, 3.63) is 11.6 Å². The Bertz CT molecular complexity index is 464. The molecule has 1 amide bonds. The average Bonchev–Trinajstić information content (AvgIpc) is 2.76. The normalized spacial score (nSPS) is 13.1. The number of hydrogen-bond donors (Lipinski definition) is 3. The number of aromatic nitrogens is 3. The molecular weight excluding hydrogens is 252 g/mol. The summed E-state index contributed by atoms with van der Waals surface area (Å²) in [5.41, 5.74) is -0.274. The lowest BCUT2D eigenvalue weighted by atomic mass is 9.96. The van der Waals surface area contributed by atoms with Crippen molar-refractivity contribution in [2.45, 2.75) is 32.2 Å². The maximum atomic E-state index is 11.8. The summed E-state index contributed by atoms with van der Waals surface area (Å²) in [7, 11) is 1.35. The molecule has 1 aromatic heterocycles. The van der Waals surface area contributed by atoms with Crippen molar-refractivity contribution in [1.29, 1.82) is 0 Å². The van der Waals surface area contributed by atoms with Crippen LogP contribution in [0.3, 0.4) is 0 Å². The van der Waals surface area contributed by atoms with Crippen LogP contribution in [-0.4, -0.2) is 51.9 Å². The first kappa shape index (κ1) is 15.1. The molecule has 1 atom stereocenters. The predicted octanol–water partition coefficient (Wildman–Crippen LogP) is -0.0684. The largest absolute Gasteiger partial charge is 0.480 e. The van der Waals surface area contributed by atoms with Crippen LogP contribution in [0.25, 0.3) is 0 Å². The number of carboxylic acid groups (broad SMARTS) is 1. The molecule has 1 unspecified atom stereocenters. The molecule has 0 radical (unpaired) electrons. The minimum absolute atomic E-state index is 0.0905. The lowest BCUT2D eigenvalue weighted by Gasteiger charge is -2.13. The van der Waals surface area contributed by atoms with E-state index in [0.29, 0.717) is 5.82 Å². The van der Waals surface area contributed by atoms with Crippen LogP contribution in [0.4, 0.5) is 0 Å². The number of carbonyl (C=O) groups excluding carboxylic acids is 1. The molecule has 0 aliphatic heterocycles. The van der Waals surface area contributed by atoms with Crippen molar-refractivity contribution in [1.82, 2.24) is 20.5 Å². The molecule has 0 spiro atoms. The van der Waals surface area contributed by atoms with Crippen molar-refractivity contribution < 1.29 is 19.4 Å². The van der Waals surface area contributed by atoms with Crippen LogP contribution >= 0.6 is 0 Å². The van der Waals surface area contributed by atoms with Crippen LogP contribution in [0.2, 0.25) is 0 Å². The molecule has 0 saturated heterocycles. The first-order valence-corrected chi connectivity index (χ1v) is 5.71. The van der Waals surface area contributed by atoms with E-state index in [1.165, 1.54) is 7.11 Å². The molecule has 1 rings (SSSR count). The lowest BCUT2D eigenvalue weighted by Crippen LogP contribution is -2.44. The first-order chi connectivity index (χ1) is 8.75. The van der Waals surface area contributed by atoms with Gasteiger partial charge in [0.15, 0.2) is 6.04 Å². The molecule has 1 heterocycles. The van der Waals surface area contributed by atoms with Crippen molar-refractivity contribution in [2.75, 3.05) is 13.7 Å². The van der Waals surface area contributed by atoms with Crippen LogP contribution in [-0.2, 0) is 14.9 Å². The highest BCUT2D eigenvalue weighted by molar-refractivity contribution is 5.93. The van der Waals surface area contributed by atoms with Gasteiger partial charge in [0.25, 0.3) is 5.91 Å². The van der Waals surface area contributed by atoms with E-state index in [2.05, 4.69) is 20.5 Å². The Kier molecular flexibility index (Phi) is 4.60. The Morgan fingerprint density at radius 1 is 1.47 bits per heavy atom. The van der Waals surface area contributed by atoms with Crippen molar-refractivity contribution in [3.63, 3.8) is 0 Å². The quantitative estimate of drug-likeness (QED) is 0.689. The number of nitrogens with zero attached hydrogens (tertiary/aromatic N) is 2. The molecule has 0 saturated carbocycles. The first-order valence-electron chi connectivity index (χ1n) is 5.71. The highest BCUT2D eigenvalue weighted by Crippen LogP contribution is 2.17. The third kappa shape index (κ3) is 4.02. The third-order valence-corrected chi connectivity index (χ3v) is 2.34. The van der Waals surface area contributed by atoms with Gasteiger partial charge >= 0.3 is 5.97 Å². The second-order valence-corrected chi connectivity index (χ2v) is 5.08. The van der Waals surface area contributed by atoms with Gasteiger partial charge in [-0.1, -0.05) is 20.8 Å². The summed E-state index contributed by atoms with van der Waals surface area (Å²) in [5, 5.41) is 17.6. The zero-order valence-corrected chi connectivity index (χ0v) is 11.4. The second kappa shape index (κ2) is 5.79. The van der Waals surface area contributed by atoms with Gasteiger partial charge in [0.2, 0.25) is 5.82 Å². The predicted molar refractivity (Wildman–Crippen MR) is 65.8 cm³/mol. The number of rotatable bonds is 5. The van der Waals surface area contributed by atoms with E-state index in [-0.39, 0.29) is 17.8 Å². The van der Waals surface area contributed by atoms with E-state index >= 15 is 0 Å². The van der Waals surface area contributed by atoms with Crippen molar-refractivity contribution in [3.8, 4) is 0 Å². The number of ether oxygens (including phenoxy) is 1. The number of carboxylic acids is 1. The summed E-state index contributed by atoms with van der Waals surface area (Å²) in [6.45, 7) is 5.62. The van der Waals surface area contributed by atoms with Crippen LogP contribution in [0.15, 0.2) is 0 Å². The minimum atomic E-state index is -1.18. The van der Waals surface area contributed by atoms with Crippen LogP contribution < -0.4 is 5.32 Å². The van der Waals surface area contributed by atoms with Gasteiger partial charge in [-0.3, -0.25) is 9.89 Å². The Hall–Kier alpha value is -1.96. The molecule has 8 nitrogen and oxygen atoms in total. The second-order valence-electron chi connectivity index (χ2n) is 5.08. The number of aliphatic carboxylic acids is 1.